The number of piperazine rings is 3. The largest absolute Gasteiger partial charge is 0.361 e. The number of nitrogens with zero attached hydrogens (tertiary/aromatic N) is 6. The molecule has 4 heterocycles. The number of amides is 5. The molecule has 430 valence electrons. The van der Waals surface area contributed by atoms with Crippen LogP contribution in [0.2, 0.25) is 0 Å². The smallest absolute Gasteiger partial charge is 0.262 e. The first-order valence-corrected chi connectivity index (χ1v) is 27.4. The molecule has 0 spiro atoms. The van der Waals surface area contributed by atoms with E-state index in [9.17, 15) is 24.0 Å². The maximum absolute atomic E-state index is 15.8. The van der Waals surface area contributed by atoms with Gasteiger partial charge in [0.05, 0.1) is 30.2 Å². The molecule has 3 aliphatic rings. The van der Waals surface area contributed by atoms with Crippen LogP contribution in [-0.4, -0.2) is 215 Å². The van der Waals surface area contributed by atoms with Crippen molar-refractivity contribution >= 4 is 70.9 Å². The van der Waals surface area contributed by atoms with Gasteiger partial charge in [-0.1, -0.05) is 82.6 Å². The number of likely N-dealkylation sites (N-methyl/N-ethyl adjacent to an activating group) is 2. The van der Waals surface area contributed by atoms with Crippen LogP contribution >= 0.6 is 0 Å². The van der Waals surface area contributed by atoms with Gasteiger partial charge < -0.3 is 61.1 Å². The minimum absolute atomic E-state index is 0.0179. The number of carbonyl (C=O) groups is 10. The average Bonchev–Trinajstić information content (AvgIpc) is 3.86. The molecule has 0 radical (unpaired) electrons. The van der Waals surface area contributed by atoms with Crippen LogP contribution in [0.4, 0.5) is 0 Å². The quantitative estimate of drug-likeness (QED) is 0.0247. The van der Waals surface area contributed by atoms with Gasteiger partial charge in [-0.15, -0.1) is 0 Å². The van der Waals surface area contributed by atoms with Crippen molar-refractivity contribution in [3.05, 3.63) is 71.9 Å². The van der Waals surface area contributed by atoms with Crippen molar-refractivity contribution in [2.24, 2.45) is 29.0 Å². The first-order valence-electron chi connectivity index (χ1n) is 27.4. The number of carbonyl (C=O) groups excluding carboxylic acids is 10. The highest BCUT2D eigenvalue weighted by Gasteiger charge is 2.52. The molecule has 3 aliphatic heterocycles. The Morgan fingerprint density at radius 2 is 1.20 bits per heavy atom. The Bertz CT molecular complexity index is 2630. The Morgan fingerprint density at radius 3 is 1.84 bits per heavy atom. The van der Waals surface area contributed by atoms with Crippen molar-refractivity contribution in [1.29, 1.82) is 0 Å². The van der Waals surface area contributed by atoms with Crippen molar-refractivity contribution in [3.63, 3.8) is 0 Å². The van der Waals surface area contributed by atoms with Crippen LogP contribution in [0.15, 0.2) is 60.8 Å². The van der Waals surface area contributed by atoms with Crippen LogP contribution in [0.1, 0.15) is 70.9 Å². The van der Waals surface area contributed by atoms with E-state index in [2.05, 4.69) is 20.9 Å². The molecule has 23 heteroatoms. The molecule has 6 rings (SSSR count). The van der Waals surface area contributed by atoms with Gasteiger partial charge in [0.2, 0.25) is 5.91 Å². The van der Waals surface area contributed by atoms with Crippen LogP contribution in [0, 0.1) is 11.8 Å². The van der Waals surface area contributed by atoms with Crippen LogP contribution in [0.5, 0.6) is 0 Å². The maximum Gasteiger partial charge on any atom is 0.262 e. The minimum atomic E-state index is -2.04. The molecular formula is C56H81N13O10. The maximum atomic E-state index is 15.8. The van der Waals surface area contributed by atoms with Gasteiger partial charge in [-0.05, 0) is 81.1 Å². The van der Waals surface area contributed by atoms with E-state index in [0.29, 0.717) is 43.7 Å². The third-order valence-corrected chi connectivity index (χ3v) is 15.0. The summed E-state index contributed by atoms with van der Waals surface area (Å²) >= 11 is 0. The average molecular weight is 1100 g/mol. The molecule has 1 aromatic heterocycles. The summed E-state index contributed by atoms with van der Waals surface area (Å²) in [6.07, 6.45) is 0.313. The molecule has 79 heavy (non-hydrogen) atoms. The Balaban J connectivity index is 1.43. The summed E-state index contributed by atoms with van der Waals surface area (Å²) in [5.74, 6) is -5.78. The zero-order valence-corrected chi connectivity index (χ0v) is 46.3. The lowest BCUT2D eigenvalue weighted by molar-refractivity contribution is -0.169. The number of hydrogen-bond acceptors (Lipinski definition) is 17. The van der Waals surface area contributed by atoms with E-state index in [4.69, 9.17) is 17.2 Å². The SMILES string of the molecule is CC(C)C[C@@H](C=O)NC1C(=O)N(C)CCN1C(=O)C(N[C@H](C=O)CC(C)C)N1CCN(C(=O)C(N[C@H](C=O)Cc2c[nH]c3ccccc23)N2CCN(C)C(C(=O)[C@@H](N)Cc3ccccc3)C2=O)C(C(=O)[C@@H](N)CCCCN)C1=O. The number of nitrogens with one attached hydrogen (secondary N) is 4. The number of aldehydes is 3. The van der Waals surface area contributed by atoms with Gasteiger partial charge in [-0.3, -0.25) is 54.4 Å². The molecule has 23 nitrogen and oxygen atoms in total. The van der Waals surface area contributed by atoms with Gasteiger partial charge >= 0.3 is 0 Å². The number of H-pyrrole nitrogens is 1. The summed E-state index contributed by atoms with van der Waals surface area (Å²) in [5.41, 5.74) is 21.2. The number of fused-ring (bicyclic) bond motifs is 1. The van der Waals surface area contributed by atoms with E-state index in [1.165, 1.54) is 9.80 Å². The monoisotopic (exact) mass is 1100 g/mol. The van der Waals surface area contributed by atoms with Crippen molar-refractivity contribution in [1.82, 2.24) is 50.3 Å². The molecule has 10 atom stereocenters. The number of para-hydroxylation sites is 1. The highest BCUT2D eigenvalue weighted by molar-refractivity contribution is 6.12. The Hall–Kier alpha value is -6.60. The summed E-state index contributed by atoms with van der Waals surface area (Å²) in [6.45, 7) is 6.89. The number of aromatic amines is 1. The van der Waals surface area contributed by atoms with Gasteiger partial charge in [0.15, 0.2) is 42.1 Å². The molecule has 3 aromatic rings. The van der Waals surface area contributed by atoms with E-state index in [-0.39, 0.29) is 70.2 Å². The van der Waals surface area contributed by atoms with Gasteiger partial charge in [-0.2, -0.15) is 0 Å². The molecular weight excluding hydrogens is 1010 g/mol. The van der Waals surface area contributed by atoms with Gasteiger partial charge in [0.1, 0.15) is 18.9 Å². The molecule has 3 fully saturated rings. The van der Waals surface area contributed by atoms with Crippen molar-refractivity contribution < 1.29 is 47.9 Å². The third-order valence-electron chi connectivity index (χ3n) is 15.0. The minimum Gasteiger partial charge on any atom is -0.361 e. The fraction of sp³-hybridized carbons (Fsp3) is 0.571. The number of unbranched alkanes of at least 4 members (excludes halogenated alkanes) is 1. The van der Waals surface area contributed by atoms with Crippen LogP contribution in [0.25, 0.3) is 10.9 Å². The highest BCUT2D eigenvalue weighted by Crippen LogP contribution is 2.26. The third kappa shape index (κ3) is 15.0. The van der Waals surface area contributed by atoms with Crippen LogP contribution < -0.4 is 33.2 Å². The predicted octanol–water partition coefficient (Wildman–Crippen LogP) is -1.10. The number of ketones is 2. The van der Waals surface area contributed by atoms with E-state index in [0.717, 1.165) is 31.2 Å². The number of nitrogens with two attached hydrogens (primary N) is 3. The zero-order valence-electron chi connectivity index (χ0n) is 46.3. The Kier molecular flexibility index (Phi) is 22.2. The first kappa shape index (κ1) is 61.6. The van der Waals surface area contributed by atoms with Crippen molar-refractivity contribution in [2.75, 3.05) is 59.9 Å². The number of benzene rings is 2. The van der Waals surface area contributed by atoms with Crippen molar-refractivity contribution in [2.45, 2.75) is 133 Å². The zero-order chi connectivity index (χ0) is 57.7. The fourth-order valence-corrected chi connectivity index (χ4v) is 10.8. The molecule has 3 saturated heterocycles. The van der Waals surface area contributed by atoms with Gasteiger partial charge in [0, 0.05) is 63.4 Å². The van der Waals surface area contributed by atoms with Crippen LogP contribution in [-0.2, 0) is 60.8 Å². The lowest BCUT2D eigenvalue weighted by atomic mass is 9.94. The van der Waals surface area contributed by atoms with E-state index < -0.39 is 115 Å². The molecule has 0 saturated carbocycles. The molecule has 10 N–H and O–H groups in total. The standard InChI is InChI=1S/C56H81N13O10/c1-34(2)26-38(31-70)61-49-54(77)65(6)21-23-69(49)56(79)51(62-39(32-71)27-35(3)4)68-25-24-66(46(53(68)76)47(73)42(58)17-12-13-19-57)55(78)50(63-40(33-72)29-37-30-60-44-18-11-10-16-41(37)44)67-22-20-64(5)45(52(67)75)48(74)43(59)28-36-14-8-7-9-15-36/h7-11,14-16,18,30-35,38-40,42-43,45-46,49-51,60-63H,12-13,17,19-29,57-59H2,1-6H3/t38-,39-,40-,42-,43-,45?,46?,49?,50?,51?/m0/s1. The summed E-state index contributed by atoms with van der Waals surface area (Å²) in [4.78, 5) is 154. The predicted molar refractivity (Wildman–Crippen MR) is 295 cm³/mol. The second kappa shape index (κ2) is 28.5. The Labute approximate surface area is 462 Å². The highest BCUT2D eigenvalue weighted by atomic mass is 16.2. The Morgan fingerprint density at radius 1 is 0.646 bits per heavy atom. The lowest BCUT2D eigenvalue weighted by Gasteiger charge is -2.48. The molecule has 0 bridgehead atoms. The van der Waals surface area contributed by atoms with Gasteiger partial charge in [-0.25, -0.2) is 0 Å². The van der Waals surface area contributed by atoms with E-state index in [1.807, 2.05) is 58.0 Å². The fourth-order valence-electron chi connectivity index (χ4n) is 10.8. The van der Waals surface area contributed by atoms with Gasteiger partial charge in [0.25, 0.3) is 23.6 Å². The summed E-state index contributed by atoms with van der Waals surface area (Å²) in [7, 11) is 3.15. The normalized spacial score (nSPS) is 21.2. The number of hydrogen-bond donors (Lipinski definition) is 7. The number of aromatic nitrogens is 1. The number of Topliss-reactive ketones (excluding diaryl/α,β-unsaturated/α-hetero) is 2. The molecule has 2 aromatic carbocycles. The summed E-state index contributed by atoms with van der Waals surface area (Å²) < 4.78 is 0. The lowest BCUT2D eigenvalue weighted by Crippen LogP contribution is -2.75. The summed E-state index contributed by atoms with van der Waals surface area (Å²) in [6, 6.07) is 7.41. The first-order chi connectivity index (χ1) is 37.7. The van der Waals surface area contributed by atoms with Crippen molar-refractivity contribution in [3.8, 4) is 0 Å². The molecule has 5 amide bonds. The summed E-state index contributed by atoms with van der Waals surface area (Å²) in [5, 5.41) is 9.99. The number of rotatable bonds is 29. The van der Waals surface area contributed by atoms with Crippen LogP contribution in [0.3, 0.4) is 0 Å². The molecule has 5 unspecified atom stereocenters. The second-order valence-corrected chi connectivity index (χ2v) is 21.9. The van der Waals surface area contributed by atoms with E-state index in [1.54, 1.807) is 49.5 Å². The second-order valence-electron chi connectivity index (χ2n) is 21.9. The molecule has 0 aliphatic carbocycles. The van der Waals surface area contributed by atoms with E-state index >= 15 is 24.0 Å². The topological polar surface area (TPSA) is 320 Å².